The first-order valence-electron chi connectivity index (χ1n) is 8.17. The van der Waals surface area contributed by atoms with E-state index in [1.807, 2.05) is 4.90 Å². The van der Waals surface area contributed by atoms with Crippen molar-refractivity contribution in [2.45, 2.75) is 11.8 Å². The number of carboxylic acids is 1. The lowest BCUT2D eigenvalue weighted by Gasteiger charge is -2.29. The summed E-state index contributed by atoms with van der Waals surface area (Å²) in [4.78, 5) is 13.8. The van der Waals surface area contributed by atoms with E-state index < -0.39 is 16.0 Å². The van der Waals surface area contributed by atoms with E-state index in [1.54, 1.807) is 31.2 Å². The monoisotopic (exact) mass is 376 g/mol. The lowest BCUT2D eigenvalue weighted by Crippen LogP contribution is -2.36. The molecule has 0 unspecified atom stereocenters. The number of aryl methyl sites for hydroxylation is 1. The predicted octanol–water partition coefficient (Wildman–Crippen LogP) is 2.33. The molecule has 1 saturated heterocycles. The summed E-state index contributed by atoms with van der Waals surface area (Å²) in [6.07, 6.45) is 0. The van der Waals surface area contributed by atoms with E-state index in [9.17, 15) is 18.3 Å². The van der Waals surface area contributed by atoms with Gasteiger partial charge in [0.15, 0.2) is 0 Å². The van der Waals surface area contributed by atoms with Gasteiger partial charge in [0.25, 0.3) is 10.0 Å². The Labute approximate surface area is 152 Å². The van der Waals surface area contributed by atoms with Crippen LogP contribution >= 0.6 is 0 Å². The average molecular weight is 376 g/mol. The maximum Gasteiger partial charge on any atom is 0.337 e. The number of aromatic carboxylic acids is 1. The molecular weight excluding hydrogens is 356 g/mol. The van der Waals surface area contributed by atoms with Crippen LogP contribution in [0.25, 0.3) is 0 Å². The number of sulfonamides is 1. The number of nitrogens with zero attached hydrogens (tertiary/aromatic N) is 1. The van der Waals surface area contributed by atoms with Crippen LogP contribution in [0.1, 0.15) is 15.9 Å². The zero-order chi connectivity index (χ0) is 18.7. The SMILES string of the molecule is Cc1ccccc1S(=O)(=O)Nc1ccc(N2CCOCC2)cc1C(=O)O. The Morgan fingerprint density at radius 1 is 1.15 bits per heavy atom. The van der Waals surface area contributed by atoms with Gasteiger partial charge in [-0.25, -0.2) is 13.2 Å². The second kappa shape index (κ2) is 7.35. The van der Waals surface area contributed by atoms with Gasteiger partial charge in [0.1, 0.15) is 0 Å². The highest BCUT2D eigenvalue weighted by molar-refractivity contribution is 7.92. The van der Waals surface area contributed by atoms with Crippen molar-refractivity contribution in [3.8, 4) is 0 Å². The van der Waals surface area contributed by atoms with Crippen molar-refractivity contribution in [3.05, 3.63) is 53.6 Å². The van der Waals surface area contributed by atoms with Crippen molar-refractivity contribution in [3.63, 3.8) is 0 Å². The van der Waals surface area contributed by atoms with E-state index in [2.05, 4.69) is 4.72 Å². The van der Waals surface area contributed by atoms with E-state index in [4.69, 9.17) is 4.74 Å². The van der Waals surface area contributed by atoms with Gasteiger partial charge in [0.05, 0.1) is 29.4 Å². The minimum absolute atomic E-state index is 0.0396. The molecule has 8 heteroatoms. The molecule has 138 valence electrons. The van der Waals surface area contributed by atoms with E-state index in [0.717, 1.165) is 5.69 Å². The van der Waals surface area contributed by atoms with Gasteiger partial charge in [0.2, 0.25) is 0 Å². The molecule has 26 heavy (non-hydrogen) atoms. The van der Waals surface area contributed by atoms with Crippen LogP contribution < -0.4 is 9.62 Å². The number of nitrogens with one attached hydrogen (secondary N) is 1. The largest absolute Gasteiger partial charge is 0.478 e. The Morgan fingerprint density at radius 3 is 2.50 bits per heavy atom. The highest BCUT2D eigenvalue weighted by atomic mass is 32.2. The topological polar surface area (TPSA) is 95.9 Å². The molecule has 0 radical (unpaired) electrons. The van der Waals surface area contributed by atoms with Crippen molar-refractivity contribution in [1.82, 2.24) is 0 Å². The fourth-order valence-corrected chi connectivity index (χ4v) is 4.20. The fourth-order valence-electron chi connectivity index (χ4n) is 2.87. The smallest absolute Gasteiger partial charge is 0.337 e. The molecule has 0 saturated carbocycles. The number of carboxylic acid groups (broad SMARTS) is 1. The molecule has 2 aromatic rings. The number of rotatable bonds is 5. The van der Waals surface area contributed by atoms with E-state index in [-0.39, 0.29) is 16.1 Å². The molecule has 1 heterocycles. The summed E-state index contributed by atoms with van der Waals surface area (Å²) in [6, 6.07) is 11.2. The maximum atomic E-state index is 12.7. The Kier molecular flexibility index (Phi) is 5.15. The summed E-state index contributed by atoms with van der Waals surface area (Å²) in [5.41, 5.74) is 1.26. The molecule has 7 nitrogen and oxygen atoms in total. The van der Waals surface area contributed by atoms with Crippen LogP contribution in [-0.4, -0.2) is 45.8 Å². The van der Waals surface area contributed by atoms with Crippen LogP contribution in [0, 0.1) is 6.92 Å². The zero-order valence-electron chi connectivity index (χ0n) is 14.3. The molecule has 2 aromatic carbocycles. The molecule has 0 amide bonds. The molecule has 1 fully saturated rings. The lowest BCUT2D eigenvalue weighted by atomic mass is 10.1. The third kappa shape index (κ3) is 3.81. The highest BCUT2D eigenvalue weighted by Crippen LogP contribution is 2.27. The van der Waals surface area contributed by atoms with Gasteiger partial charge in [-0.05, 0) is 36.8 Å². The number of ether oxygens (including phenoxy) is 1. The zero-order valence-corrected chi connectivity index (χ0v) is 15.1. The van der Waals surface area contributed by atoms with Crippen molar-refractivity contribution in [2.24, 2.45) is 0 Å². The fraction of sp³-hybridized carbons (Fsp3) is 0.278. The quantitative estimate of drug-likeness (QED) is 0.831. The van der Waals surface area contributed by atoms with Gasteiger partial charge in [-0.2, -0.15) is 0 Å². The van der Waals surface area contributed by atoms with Gasteiger partial charge in [0, 0.05) is 18.8 Å². The van der Waals surface area contributed by atoms with Crippen LogP contribution in [0.3, 0.4) is 0 Å². The van der Waals surface area contributed by atoms with E-state index in [0.29, 0.717) is 31.9 Å². The van der Waals surface area contributed by atoms with Crippen molar-refractivity contribution < 1.29 is 23.1 Å². The second-order valence-electron chi connectivity index (χ2n) is 6.01. The predicted molar refractivity (Wildman–Crippen MR) is 98.4 cm³/mol. The molecule has 2 N–H and O–H groups in total. The first-order valence-corrected chi connectivity index (χ1v) is 9.65. The molecule has 1 aliphatic rings. The number of hydrogen-bond acceptors (Lipinski definition) is 5. The molecule has 0 bridgehead atoms. The summed E-state index contributed by atoms with van der Waals surface area (Å²) in [5.74, 6) is -1.19. The van der Waals surface area contributed by atoms with Gasteiger partial charge in [-0.3, -0.25) is 4.72 Å². The Morgan fingerprint density at radius 2 is 1.85 bits per heavy atom. The van der Waals surface area contributed by atoms with Gasteiger partial charge < -0.3 is 14.7 Å². The standard InChI is InChI=1S/C18H20N2O5S/c1-13-4-2-3-5-17(13)26(23,24)19-16-7-6-14(12-15(16)18(21)22)20-8-10-25-11-9-20/h2-7,12,19H,8-11H2,1H3,(H,21,22). The Hall–Kier alpha value is -2.58. The number of anilines is 2. The first kappa shape index (κ1) is 18.2. The Balaban J connectivity index is 1.94. The van der Waals surface area contributed by atoms with Crippen LogP contribution in [-0.2, 0) is 14.8 Å². The summed E-state index contributed by atoms with van der Waals surface area (Å²) in [7, 11) is -3.88. The van der Waals surface area contributed by atoms with Crippen LogP contribution in [0.15, 0.2) is 47.4 Å². The van der Waals surface area contributed by atoms with Crippen molar-refractivity contribution >= 4 is 27.4 Å². The van der Waals surface area contributed by atoms with Crippen molar-refractivity contribution in [1.29, 1.82) is 0 Å². The second-order valence-corrected chi connectivity index (χ2v) is 7.66. The van der Waals surface area contributed by atoms with Crippen LogP contribution in [0.5, 0.6) is 0 Å². The minimum atomic E-state index is -3.88. The average Bonchev–Trinajstić information content (AvgIpc) is 2.62. The van der Waals surface area contributed by atoms with Gasteiger partial charge >= 0.3 is 5.97 Å². The summed E-state index contributed by atoms with van der Waals surface area (Å²) < 4.78 is 33.0. The van der Waals surface area contributed by atoms with E-state index >= 15 is 0 Å². The maximum absolute atomic E-state index is 12.7. The van der Waals surface area contributed by atoms with Crippen LogP contribution in [0.4, 0.5) is 11.4 Å². The normalized spacial score (nSPS) is 14.9. The minimum Gasteiger partial charge on any atom is -0.478 e. The molecule has 0 atom stereocenters. The summed E-state index contributed by atoms with van der Waals surface area (Å²) >= 11 is 0. The number of morpholine rings is 1. The molecule has 0 aliphatic carbocycles. The molecule has 1 aliphatic heterocycles. The third-order valence-corrected chi connectivity index (χ3v) is 5.76. The van der Waals surface area contributed by atoms with Crippen LogP contribution in [0.2, 0.25) is 0 Å². The number of carbonyl (C=O) groups is 1. The summed E-state index contributed by atoms with van der Waals surface area (Å²) in [6.45, 7) is 4.16. The lowest BCUT2D eigenvalue weighted by molar-refractivity contribution is 0.0698. The number of hydrogen-bond donors (Lipinski definition) is 2. The first-order chi connectivity index (χ1) is 12.4. The van der Waals surface area contributed by atoms with Gasteiger partial charge in [-0.1, -0.05) is 18.2 Å². The number of benzene rings is 2. The molecule has 3 rings (SSSR count). The van der Waals surface area contributed by atoms with Crippen molar-refractivity contribution in [2.75, 3.05) is 35.9 Å². The molecular formula is C18H20N2O5S. The Bertz CT molecular complexity index is 921. The van der Waals surface area contributed by atoms with E-state index in [1.165, 1.54) is 18.2 Å². The van der Waals surface area contributed by atoms with Gasteiger partial charge in [-0.15, -0.1) is 0 Å². The summed E-state index contributed by atoms with van der Waals surface area (Å²) in [5, 5.41) is 9.53. The third-order valence-electron chi connectivity index (χ3n) is 4.24. The molecule has 0 aromatic heterocycles. The highest BCUT2D eigenvalue weighted by Gasteiger charge is 2.21. The molecule has 0 spiro atoms.